The fourth-order valence-corrected chi connectivity index (χ4v) is 5.54. The van der Waals surface area contributed by atoms with Gasteiger partial charge in [0.25, 0.3) is 0 Å². The van der Waals surface area contributed by atoms with Gasteiger partial charge in [0, 0.05) is 29.3 Å². The summed E-state index contributed by atoms with van der Waals surface area (Å²) in [5.74, 6) is 0.822. The van der Waals surface area contributed by atoms with Gasteiger partial charge in [0.15, 0.2) is 0 Å². The lowest BCUT2D eigenvalue weighted by Gasteiger charge is -2.20. The van der Waals surface area contributed by atoms with Crippen molar-refractivity contribution in [2.24, 2.45) is 0 Å². The Morgan fingerprint density at radius 1 is 1.05 bits per heavy atom. The minimum absolute atomic E-state index is 0.0862. The molecule has 200 valence electrons. The number of fused-ring (bicyclic) bond motifs is 2. The first kappa shape index (κ1) is 25.0. The van der Waals surface area contributed by atoms with Gasteiger partial charge in [-0.2, -0.15) is 18.3 Å². The van der Waals surface area contributed by atoms with Gasteiger partial charge in [0.1, 0.15) is 17.6 Å². The van der Waals surface area contributed by atoms with E-state index in [9.17, 15) is 18.0 Å². The lowest BCUT2D eigenvalue weighted by atomic mass is 9.90. The van der Waals surface area contributed by atoms with Crippen LogP contribution in [0.15, 0.2) is 67.0 Å². The lowest BCUT2D eigenvalue weighted by Crippen LogP contribution is -2.10. The van der Waals surface area contributed by atoms with Crippen LogP contribution < -0.4 is 9.47 Å². The van der Waals surface area contributed by atoms with Gasteiger partial charge >= 0.3 is 12.1 Å². The van der Waals surface area contributed by atoms with Gasteiger partial charge in [-0.05, 0) is 52.8 Å². The second kappa shape index (κ2) is 9.80. The summed E-state index contributed by atoms with van der Waals surface area (Å²) in [4.78, 5) is 11.7. The van der Waals surface area contributed by atoms with Gasteiger partial charge in [0.05, 0.1) is 31.9 Å². The summed E-state index contributed by atoms with van der Waals surface area (Å²) < 4.78 is 59.2. The number of hydrogen-bond acceptors (Lipinski definition) is 5. The Morgan fingerprint density at radius 3 is 2.54 bits per heavy atom. The maximum absolute atomic E-state index is 14.1. The molecule has 2 heterocycles. The quantitative estimate of drug-likeness (QED) is 0.274. The zero-order chi connectivity index (χ0) is 27.1. The summed E-state index contributed by atoms with van der Waals surface area (Å²) in [5.41, 5.74) is 4.10. The van der Waals surface area contributed by atoms with Crippen molar-refractivity contribution >= 4 is 5.97 Å². The molecule has 1 aliphatic carbocycles. The molecule has 6 nitrogen and oxygen atoms in total. The van der Waals surface area contributed by atoms with Gasteiger partial charge in [-0.1, -0.05) is 36.4 Å². The molecule has 0 fully saturated rings. The normalized spacial score (nSPS) is 17.8. The molecule has 0 unspecified atom stereocenters. The van der Waals surface area contributed by atoms with E-state index < -0.39 is 17.8 Å². The first-order valence-electron chi connectivity index (χ1n) is 12.6. The number of esters is 1. The summed E-state index contributed by atoms with van der Waals surface area (Å²) in [6.45, 7) is 0.378. The molecule has 2 atom stereocenters. The van der Waals surface area contributed by atoms with E-state index in [0.29, 0.717) is 42.1 Å². The van der Waals surface area contributed by atoms with Crippen molar-refractivity contribution in [3.8, 4) is 33.8 Å². The molecule has 6 rings (SSSR count). The molecular weight excluding hydrogens is 509 g/mol. The highest BCUT2D eigenvalue weighted by Gasteiger charge is 2.38. The Kier molecular flexibility index (Phi) is 6.29. The number of rotatable bonds is 6. The lowest BCUT2D eigenvalue weighted by molar-refractivity contribution is -0.141. The first-order chi connectivity index (χ1) is 18.8. The van der Waals surface area contributed by atoms with Crippen LogP contribution in [0.2, 0.25) is 0 Å². The number of aromatic nitrogens is 2. The van der Waals surface area contributed by atoms with Crippen LogP contribution >= 0.6 is 0 Å². The second-order valence-electron chi connectivity index (χ2n) is 9.75. The van der Waals surface area contributed by atoms with Crippen molar-refractivity contribution in [1.29, 1.82) is 0 Å². The zero-order valence-electron chi connectivity index (χ0n) is 21.0. The van der Waals surface area contributed by atoms with E-state index in [0.717, 1.165) is 28.3 Å². The van der Waals surface area contributed by atoms with Gasteiger partial charge in [-0.25, -0.2) is 0 Å². The maximum atomic E-state index is 14.1. The van der Waals surface area contributed by atoms with Crippen molar-refractivity contribution in [2.45, 2.75) is 37.5 Å². The fourth-order valence-electron chi connectivity index (χ4n) is 5.54. The molecule has 1 aliphatic heterocycles. The van der Waals surface area contributed by atoms with Gasteiger partial charge in [-0.15, -0.1) is 0 Å². The molecule has 2 aliphatic rings. The van der Waals surface area contributed by atoms with Crippen molar-refractivity contribution in [3.05, 3.63) is 89.2 Å². The molecule has 0 bridgehead atoms. The Hall–Kier alpha value is -4.27. The van der Waals surface area contributed by atoms with Crippen LogP contribution in [-0.4, -0.2) is 29.9 Å². The average molecular weight is 535 g/mol. The molecule has 0 saturated carbocycles. The maximum Gasteiger partial charge on any atom is 0.417 e. The van der Waals surface area contributed by atoms with Crippen LogP contribution in [0.1, 0.15) is 47.1 Å². The topological polar surface area (TPSA) is 73.4 Å². The molecule has 1 aromatic heterocycles. The van der Waals surface area contributed by atoms with Crippen molar-refractivity contribution in [3.63, 3.8) is 0 Å². The van der Waals surface area contributed by atoms with Crippen LogP contribution in [0.3, 0.4) is 0 Å². The number of carbonyl (C=O) groups excluding carboxylic acids is 1. The van der Waals surface area contributed by atoms with E-state index in [-0.39, 0.29) is 23.9 Å². The summed E-state index contributed by atoms with van der Waals surface area (Å²) in [7, 11) is 1.36. The molecule has 9 heteroatoms. The smallest absolute Gasteiger partial charge is 0.417 e. The molecular formula is C30H25F3N2O4. The van der Waals surface area contributed by atoms with E-state index in [2.05, 4.69) is 10.2 Å². The number of carbonyl (C=O) groups is 1. The number of hydrogen-bond donors (Lipinski definition) is 1. The Morgan fingerprint density at radius 2 is 1.82 bits per heavy atom. The average Bonchev–Trinajstić information content (AvgIpc) is 3.69. The highest BCUT2D eigenvalue weighted by Crippen LogP contribution is 2.47. The van der Waals surface area contributed by atoms with E-state index >= 15 is 0 Å². The summed E-state index contributed by atoms with van der Waals surface area (Å²) in [5, 5.41) is 6.69. The number of nitrogens with one attached hydrogen (secondary N) is 1. The number of H-pyrrole nitrogens is 1. The molecule has 4 aromatic rings. The number of aromatic amines is 1. The third kappa shape index (κ3) is 4.73. The zero-order valence-corrected chi connectivity index (χ0v) is 21.0. The van der Waals surface area contributed by atoms with Crippen molar-refractivity contribution < 1.29 is 32.2 Å². The third-order valence-electron chi connectivity index (χ3n) is 7.45. The molecule has 0 amide bonds. The minimum Gasteiger partial charge on any atom is -0.492 e. The van der Waals surface area contributed by atoms with E-state index in [1.54, 1.807) is 42.7 Å². The van der Waals surface area contributed by atoms with Crippen LogP contribution in [0, 0.1) is 0 Å². The molecule has 0 radical (unpaired) electrons. The van der Waals surface area contributed by atoms with E-state index in [1.807, 2.05) is 12.1 Å². The van der Waals surface area contributed by atoms with E-state index in [1.165, 1.54) is 13.2 Å². The highest BCUT2D eigenvalue weighted by molar-refractivity contribution is 5.77. The number of benzene rings is 3. The highest BCUT2D eigenvalue weighted by atomic mass is 19.4. The molecule has 0 spiro atoms. The fraction of sp³-hybridized carbons (Fsp3) is 0.267. The summed E-state index contributed by atoms with van der Waals surface area (Å²) in [6, 6.07) is 15.2. The SMILES string of the molecule is COC(=O)C[C@@H]1COc2cc(O[C@@H]3CCc4c3ccc(C(F)(F)F)c4-c3ccc(-c4cn[nH]c4)cc3)ccc21. The van der Waals surface area contributed by atoms with Crippen LogP contribution in [0.5, 0.6) is 11.5 Å². The molecule has 0 saturated heterocycles. The first-order valence-corrected chi connectivity index (χ1v) is 12.6. The second-order valence-corrected chi connectivity index (χ2v) is 9.75. The molecule has 1 N–H and O–H groups in total. The minimum atomic E-state index is -4.50. The van der Waals surface area contributed by atoms with E-state index in [4.69, 9.17) is 14.2 Å². The van der Waals surface area contributed by atoms with Crippen LogP contribution in [-0.2, 0) is 22.1 Å². The number of nitrogens with zero attached hydrogens (tertiary/aromatic N) is 1. The Bertz CT molecular complexity index is 1510. The third-order valence-corrected chi connectivity index (χ3v) is 7.45. The summed E-state index contributed by atoms with van der Waals surface area (Å²) in [6.07, 6.45) is -0.233. The number of methoxy groups -OCH3 is 1. The van der Waals surface area contributed by atoms with Crippen molar-refractivity contribution in [2.75, 3.05) is 13.7 Å². The monoisotopic (exact) mass is 534 g/mol. The number of alkyl halides is 3. The van der Waals surface area contributed by atoms with Crippen LogP contribution in [0.25, 0.3) is 22.3 Å². The van der Waals surface area contributed by atoms with Gasteiger partial charge in [0.2, 0.25) is 0 Å². The van der Waals surface area contributed by atoms with Crippen molar-refractivity contribution in [1.82, 2.24) is 10.2 Å². The largest absolute Gasteiger partial charge is 0.492 e. The standard InChI is InChI=1S/C30H25F3N2O4/c1-37-28(36)12-19-16-38-27-13-21(6-7-22(19)27)39-26-11-9-24-23(26)8-10-25(30(31,32)33)29(24)18-4-2-17(3-5-18)20-14-34-35-15-20/h2-8,10,13-15,19,26H,9,11-12,16H2,1H3,(H,34,35)/t19-,26-/m1/s1. The molecule has 39 heavy (non-hydrogen) atoms. The predicted molar refractivity (Wildman–Crippen MR) is 137 cm³/mol. The number of ether oxygens (including phenoxy) is 3. The predicted octanol–water partition coefficient (Wildman–Crippen LogP) is 6.87. The summed E-state index contributed by atoms with van der Waals surface area (Å²) >= 11 is 0. The number of halogens is 3. The van der Waals surface area contributed by atoms with Crippen LogP contribution in [0.4, 0.5) is 13.2 Å². The molecule has 3 aromatic carbocycles. The Balaban J connectivity index is 1.30. The van der Waals surface area contributed by atoms with Gasteiger partial charge in [-0.3, -0.25) is 9.89 Å². The van der Waals surface area contributed by atoms with Gasteiger partial charge < -0.3 is 14.2 Å². The Labute approximate surface area is 222 Å².